The molecule has 134 valence electrons. The number of ether oxygens (including phenoxy) is 1. The quantitative estimate of drug-likeness (QED) is 0.640. The lowest BCUT2D eigenvalue weighted by Crippen LogP contribution is -2.28. The zero-order chi connectivity index (χ0) is 18.4. The number of nitrogens with one attached hydrogen (secondary N) is 1. The van der Waals surface area contributed by atoms with Gasteiger partial charge in [0.1, 0.15) is 5.75 Å². The van der Waals surface area contributed by atoms with Crippen molar-refractivity contribution in [2.45, 2.75) is 18.2 Å². The second kappa shape index (κ2) is 8.53. The molecule has 1 amide bonds. The monoisotopic (exact) mass is 369 g/mol. The highest BCUT2D eigenvalue weighted by Crippen LogP contribution is 2.25. The van der Waals surface area contributed by atoms with E-state index >= 15 is 0 Å². The minimum atomic E-state index is -0.165. The van der Waals surface area contributed by atoms with Crippen LogP contribution in [0.3, 0.4) is 0 Å². The number of methoxy groups -OCH3 is 1. The van der Waals surface area contributed by atoms with Crippen LogP contribution in [-0.2, 0) is 4.79 Å². The molecule has 3 aromatic rings. The number of aromatic nitrogens is 2. The summed E-state index contributed by atoms with van der Waals surface area (Å²) in [7, 11) is 1.61. The molecule has 0 bridgehead atoms. The Hall–Kier alpha value is -2.80. The fourth-order valence-corrected chi connectivity index (χ4v) is 3.05. The standard InChI is InChI=1S/C19H19N3O3S/c1-13(15-10-6-7-11-16(15)24-2)20-17(23)12-26-19-22-21-18(25-19)14-8-4-3-5-9-14/h3-11,13H,12H2,1-2H3,(H,20,23). The molecule has 0 radical (unpaired) electrons. The first-order chi connectivity index (χ1) is 12.7. The Kier molecular flexibility index (Phi) is 5.91. The SMILES string of the molecule is COc1ccccc1C(C)NC(=O)CSc1nnc(-c2ccccc2)o1. The number of carbonyl (C=O) groups is 1. The molecule has 3 rings (SSSR count). The van der Waals surface area contributed by atoms with Gasteiger partial charge in [0.25, 0.3) is 5.22 Å². The van der Waals surface area contributed by atoms with E-state index in [0.717, 1.165) is 16.9 Å². The summed E-state index contributed by atoms with van der Waals surface area (Å²) >= 11 is 1.21. The van der Waals surface area contributed by atoms with E-state index in [1.54, 1.807) is 7.11 Å². The Morgan fingerprint density at radius 3 is 2.65 bits per heavy atom. The number of carbonyl (C=O) groups excluding carboxylic acids is 1. The van der Waals surface area contributed by atoms with Crippen molar-refractivity contribution in [1.29, 1.82) is 0 Å². The molecule has 0 aliphatic heterocycles. The van der Waals surface area contributed by atoms with Crippen LogP contribution in [0.2, 0.25) is 0 Å². The minimum Gasteiger partial charge on any atom is -0.496 e. The Morgan fingerprint density at radius 2 is 1.88 bits per heavy atom. The summed E-state index contributed by atoms with van der Waals surface area (Å²) in [6, 6.07) is 17.0. The van der Waals surface area contributed by atoms with Crippen LogP contribution in [0.4, 0.5) is 0 Å². The molecule has 1 N–H and O–H groups in total. The van der Waals surface area contributed by atoms with Gasteiger partial charge in [0, 0.05) is 11.1 Å². The number of benzene rings is 2. The van der Waals surface area contributed by atoms with Crippen LogP contribution in [0.1, 0.15) is 18.5 Å². The van der Waals surface area contributed by atoms with Crippen LogP contribution in [0, 0.1) is 0 Å². The molecule has 7 heteroatoms. The average Bonchev–Trinajstić information content (AvgIpc) is 3.16. The van der Waals surface area contributed by atoms with E-state index in [1.165, 1.54) is 11.8 Å². The van der Waals surface area contributed by atoms with E-state index in [2.05, 4.69) is 15.5 Å². The Balaban J connectivity index is 1.55. The van der Waals surface area contributed by atoms with Crippen molar-refractivity contribution in [3.8, 4) is 17.2 Å². The zero-order valence-electron chi connectivity index (χ0n) is 14.5. The van der Waals surface area contributed by atoms with Crippen molar-refractivity contribution in [2.24, 2.45) is 0 Å². The molecule has 6 nitrogen and oxygen atoms in total. The molecule has 0 saturated heterocycles. The highest BCUT2D eigenvalue weighted by atomic mass is 32.2. The maximum absolute atomic E-state index is 12.2. The lowest BCUT2D eigenvalue weighted by atomic mass is 10.1. The molecule has 0 aliphatic rings. The highest BCUT2D eigenvalue weighted by Gasteiger charge is 2.15. The van der Waals surface area contributed by atoms with Gasteiger partial charge in [-0.3, -0.25) is 4.79 Å². The van der Waals surface area contributed by atoms with Crippen molar-refractivity contribution in [3.63, 3.8) is 0 Å². The van der Waals surface area contributed by atoms with Gasteiger partial charge in [-0.05, 0) is 25.1 Å². The number of para-hydroxylation sites is 1. The number of hydrogen-bond donors (Lipinski definition) is 1. The Bertz CT molecular complexity index is 867. The summed E-state index contributed by atoms with van der Waals surface area (Å²) < 4.78 is 10.9. The molecule has 1 heterocycles. The smallest absolute Gasteiger partial charge is 0.277 e. The molecule has 1 aromatic heterocycles. The molecule has 2 aromatic carbocycles. The van der Waals surface area contributed by atoms with Crippen LogP contribution in [-0.4, -0.2) is 29.0 Å². The van der Waals surface area contributed by atoms with Crippen LogP contribution in [0.25, 0.3) is 11.5 Å². The van der Waals surface area contributed by atoms with Gasteiger partial charge in [-0.1, -0.05) is 48.2 Å². The molecule has 1 unspecified atom stereocenters. The molecule has 26 heavy (non-hydrogen) atoms. The van der Waals surface area contributed by atoms with Crippen molar-refractivity contribution in [3.05, 3.63) is 60.2 Å². The summed E-state index contributed by atoms with van der Waals surface area (Å²) in [5.41, 5.74) is 1.78. The average molecular weight is 369 g/mol. The van der Waals surface area contributed by atoms with Gasteiger partial charge in [0.05, 0.1) is 18.9 Å². The maximum atomic E-state index is 12.2. The van der Waals surface area contributed by atoms with Crippen molar-refractivity contribution in [1.82, 2.24) is 15.5 Å². The maximum Gasteiger partial charge on any atom is 0.277 e. The number of thioether (sulfide) groups is 1. The van der Waals surface area contributed by atoms with Crippen molar-refractivity contribution >= 4 is 17.7 Å². The first kappa shape index (κ1) is 18.0. The summed E-state index contributed by atoms with van der Waals surface area (Å²) in [5, 5.41) is 11.3. The number of rotatable bonds is 7. The highest BCUT2D eigenvalue weighted by molar-refractivity contribution is 7.99. The van der Waals surface area contributed by atoms with E-state index in [9.17, 15) is 4.79 Å². The van der Waals surface area contributed by atoms with Crippen LogP contribution in [0.15, 0.2) is 64.2 Å². The van der Waals surface area contributed by atoms with Gasteiger partial charge < -0.3 is 14.5 Å². The largest absolute Gasteiger partial charge is 0.496 e. The molecule has 0 spiro atoms. The van der Waals surface area contributed by atoms with Crippen LogP contribution < -0.4 is 10.1 Å². The lowest BCUT2D eigenvalue weighted by Gasteiger charge is -2.16. The summed E-state index contributed by atoms with van der Waals surface area (Å²) in [4.78, 5) is 12.2. The van der Waals surface area contributed by atoms with Gasteiger partial charge in [0.2, 0.25) is 11.8 Å². The van der Waals surface area contributed by atoms with Crippen LogP contribution in [0.5, 0.6) is 5.75 Å². The van der Waals surface area contributed by atoms with E-state index < -0.39 is 0 Å². The number of amides is 1. The number of hydrogen-bond acceptors (Lipinski definition) is 6. The molecular formula is C19H19N3O3S. The second-order valence-electron chi connectivity index (χ2n) is 5.56. The lowest BCUT2D eigenvalue weighted by molar-refractivity contribution is -0.119. The molecule has 0 aliphatic carbocycles. The molecule has 1 atom stereocenters. The predicted molar refractivity (Wildman–Crippen MR) is 100 cm³/mol. The minimum absolute atomic E-state index is 0.118. The summed E-state index contributed by atoms with van der Waals surface area (Å²) in [5.74, 6) is 1.26. The Labute approximate surface area is 156 Å². The molecule has 0 saturated carbocycles. The summed E-state index contributed by atoms with van der Waals surface area (Å²) in [6.07, 6.45) is 0. The fourth-order valence-electron chi connectivity index (χ4n) is 2.48. The van der Waals surface area contributed by atoms with Gasteiger partial charge in [0.15, 0.2) is 0 Å². The topological polar surface area (TPSA) is 77.2 Å². The first-order valence-electron chi connectivity index (χ1n) is 8.11. The predicted octanol–water partition coefficient (Wildman–Crippen LogP) is 3.71. The third-order valence-electron chi connectivity index (χ3n) is 3.74. The Morgan fingerprint density at radius 1 is 1.15 bits per heavy atom. The molecule has 0 fully saturated rings. The zero-order valence-corrected chi connectivity index (χ0v) is 15.3. The first-order valence-corrected chi connectivity index (χ1v) is 9.10. The summed E-state index contributed by atoms with van der Waals surface area (Å²) in [6.45, 7) is 1.92. The van der Waals surface area contributed by atoms with E-state index in [1.807, 2.05) is 61.5 Å². The van der Waals surface area contributed by atoms with Crippen molar-refractivity contribution in [2.75, 3.05) is 12.9 Å². The van der Waals surface area contributed by atoms with Crippen LogP contribution >= 0.6 is 11.8 Å². The van der Waals surface area contributed by atoms with Crippen molar-refractivity contribution < 1.29 is 13.9 Å². The normalized spacial score (nSPS) is 11.8. The number of nitrogens with zero attached hydrogens (tertiary/aromatic N) is 2. The van der Waals surface area contributed by atoms with Gasteiger partial charge in [-0.15, -0.1) is 10.2 Å². The van der Waals surface area contributed by atoms with Gasteiger partial charge >= 0.3 is 0 Å². The van der Waals surface area contributed by atoms with Gasteiger partial charge in [-0.2, -0.15) is 0 Å². The second-order valence-corrected chi connectivity index (χ2v) is 6.49. The fraction of sp³-hybridized carbons (Fsp3) is 0.211. The third kappa shape index (κ3) is 4.43. The molecular weight excluding hydrogens is 350 g/mol. The third-order valence-corrected chi connectivity index (χ3v) is 4.56. The van der Waals surface area contributed by atoms with Gasteiger partial charge in [-0.25, -0.2) is 0 Å². The van der Waals surface area contributed by atoms with E-state index in [-0.39, 0.29) is 17.7 Å². The van der Waals surface area contributed by atoms with E-state index in [0.29, 0.717) is 11.1 Å². The van der Waals surface area contributed by atoms with E-state index in [4.69, 9.17) is 9.15 Å².